The topological polar surface area (TPSA) is 102 Å². The maximum absolute atomic E-state index is 13.0. The number of para-hydroxylation sites is 1. The van der Waals surface area contributed by atoms with Gasteiger partial charge in [-0.3, -0.25) is 14.7 Å². The van der Waals surface area contributed by atoms with E-state index in [0.29, 0.717) is 23.5 Å². The fraction of sp³-hybridized carbons (Fsp3) is 0.344. The first-order chi connectivity index (χ1) is 19.0. The standard InChI is InChI=1S/C32H37N3O4/c1-23-14-16-24(17-15-23)26(18-21-36)31(32(38)39)34-30(25-10-4-2-5-11-25)27-12-6-7-13-28(27)33-29(37)22-35-19-8-3-9-20-35/h2,4-7,10-17,26,31,36H,3,8-9,18-22H2,1H3,(H,33,37)(H,38,39)/t26-,31-/m0/s1. The van der Waals surface area contributed by atoms with E-state index in [4.69, 9.17) is 4.99 Å². The predicted molar refractivity (Wildman–Crippen MR) is 154 cm³/mol. The summed E-state index contributed by atoms with van der Waals surface area (Å²) in [5.41, 5.74) is 4.33. The van der Waals surface area contributed by atoms with Gasteiger partial charge in [-0.05, 0) is 50.9 Å². The van der Waals surface area contributed by atoms with Crippen LogP contribution in [0.1, 0.15) is 53.9 Å². The quantitative estimate of drug-likeness (QED) is 0.309. The lowest BCUT2D eigenvalue weighted by Gasteiger charge is -2.26. The molecule has 3 N–H and O–H groups in total. The van der Waals surface area contributed by atoms with E-state index in [-0.39, 0.29) is 18.9 Å². The second-order valence-electron chi connectivity index (χ2n) is 10.1. The normalized spacial score (nSPS) is 15.9. The number of likely N-dealkylation sites (tertiary alicyclic amines) is 1. The van der Waals surface area contributed by atoms with Crippen molar-refractivity contribution < 1.29 is 19.8 Å². The Morgan fingerprint density at radius 1 is 0.923 bits per heavy atom. The Morgan fingerprint density at radius 3 is 2.26 bits per heavy atom. The number of carboxylic acid groups (broad SMARTS) is 1. The van der Waals surface area contributed by atoms with Gasteiger partial charge in [-0.15, -0.1) is 0 Å². The van der Waals surface area contributed by atoms with Crippen LogP contribution in [-0.2, 0) is 9.59 Å². The molecular formula is C32H37N3O4. The number of piperidine rings is 1. The molecule has 1 amide bonds. The molecule has 2 atom stereocenters. The molecule has 0 aliphatic carbocycles. The van der Waals surface area contributed by atoms with Crippen molar-refractivity contribution in [3.63, 3.8) is 0 Å². The van der Waals surface area contributed by atoms with Crippen molar-refractivity contribution in [2.45, 2.75) is 44.6 Å². The maximum atomic E-state index is 13.0. The summed E-state index contributed by atoms with van der Waals surface area (Å²) in [4.78, 5) is 32.7. The SMILES string of the molecule is Cc1ccc([C@H](CCO)[C@H](N=C(c2ccccc2)c2ccccc2NC(=O)CN2CCCCC2)C(=O)O)cc1. The van der Waals surface area contributed by atoms with Crippen LogP contribution in [0.15, 0.2) is 83.9 Å². The fourth-order valence-corrected chi connectivity index (χ4v) is 5.12. The van der Waals surface area contributed by atoms with Gasteiger partial charge < -0.3 is 15.5 Å². The highest BCUT2D eigenvalue weighted by molar-refractivity contribution is 6.17. The minimum atomic E-state index is -1.15. The number of amides is 1. The number of aryl methyl sites for hydroxylation is 1. The zero-order chi connectivity index (χ0) is 27.6. The lowest BCUT2D eigenvalue weighted by molar-refractivity contribution is -0.139. The monoisotopic (exact) mass is 527 g/mol. The van der Waals surface area contributed by atoms with Crippen LogP contribution in [0, 0.1) is 6.92 Å². The number of hydrogen-bond donors (Lipinski definition) is 3. The van der Waals surface area contributed by atoms with Crippen molar-refractivity contribution in [3.05, 3.63) is 101 Å². The van der Waals surface area contributed by atoms with Gasteiger partial charge in [0.15, 0.2) is 6.04 Å². The van der Waals surface area contributed by atoms with E-state index < -0.39 is 17.9 Å². The van der Waals surface area contributed by atoms with Crippen molar-refractivity contribution in [2.24, 2.45) is 4.99 Å². The molecule has 1 aliphatic rings. The number of benzene rings is 3. The highest BCUT2D eigenvalue weighted by Crippen LogP contribution is 2.29. The maximum Gasteiger partial charge on any atom is 0.329 e. The molecule has 0 saturated carbocycles. The number of aliphatic carboxylic acids is 1. The molecule has 0 aromatic heterocycles. The molecule has 7 nitrogen and oxygen atoms in total. The Hall–Kier alpha value is -3.81. The predicted octanol–water partition coefficient (Wildman–Crippen LogP) is 4.88. The van der Waals surface area contributed by atoms with Gasteiger partial charge in [0.2, 0.25) is 5.91 Å². The van der Waals surface area contributed by atoms with Gasteiger partial charge in [0, 0.05) is 23.7 Å². The zero-order valence-electron chi connectivity index (χ0n) is 22.4. The number of carbonyl (C=O) groups excluding carboxylic acids is 1. The molecule has 1 heterocycles. The summed E-state index contributed by atoms with van der Waals surface area (Å²) in [7, 11) is 0. The summed E-state index contributed by atoms with van der Waals surface area (Å²) in [6.45, 7) is 3.95. The molecule has 0 unspecified atom stereocenters. The number of carbonyl (C=O) groups is 2. The van der Waals surface area contributed by atoms with Crippen molar-refractivity contribution in [1.29, 1.82) is 0 Å². The number of aliphatic imine (C=N–C) groups is 1. The van der Waals surface area contributed by atoms with Gasteiger partial charge in [-0.1, -0.05) is 84.8 Å². The van der Waals surface area contributed by atoms with E-state index in [2.05, 4.69) is 10.2 Å². The summed E-state index contributed by atoms with van der Waals surface area (Å²) in [6, 6.07) is 23.3. The number of aliphatic hydroxyl groups is 1. The molecule has 0 spiro atoms. The lowest BCUT2D eigenvalue weighted by atomic mass is 9.88. The molecule has 0 bridgehead atoms. The molecule has 3 aromatic carbocycles. The lowest BCUT2D eigenvalue weighted by Crippen LogP contribution is -2.37. The first kappa shape index (κ1) is 28.2. The van der Waals surface area contributed by atoms with Crippen LogP contribution in [0.4, 0.5) is 5.69 Å². The number of rotatable bonds is 11. The minimum Gasteiger partial charge on any atom is -0.480 e. The first-order valence-corrected chi connectivity index (χ1v) is 13.6. The second-order valence-corrected chi connectivity index (χ2v) is 10.1. The fourth-order valence-electron chi connectivity index (χ4n) is 5.12. The van der Waals surface area contributed by atoms with Crippen LogP contribution in [0.5, 0.6) is 0 Å². The van der Waals surface area contributed by atoms with Crippen LogP contribution in [-0.4, -0.2) is 65.0 Å². The molecule has 0 radical (unpaired) electrons. The Morgan fingerprint density at radius 2 is 1.59 bits per heavy atom. The smallest absolute Gasteiger partial charge is 0.329 e. The van der Waals surface area contributed by atoms with E-state index in [1.807, 2.05) is 85.8 Å². The third kappa shape index (κ3) is 7.62. The summed E-state index contributed by atoms with van der Waals surface area (Å²) in [5, 5.41) is 23.3. The van der Waals surface area contributed by atoms with E-state index in [9.17, 15) is 19.8 Å². The number of nitrogens with one attached hydrogen (secondary N) is 1. The van der Waals surface area contributed by atoms with Crippen molar-refractivity contribution in [1.82, 2.24) is 4.90 Å². The van der Waals surface area contributed by atoms with E-state index >= 15 is 0 Å². The average Bonchev–Trinajstić information content (AvgIpc) is 2.95. The van der Waals surface area contributed by atoms with Gasteiger partial charge in [0.1, 0.15) is 0 Å². The number of carboxylic acids is 1. The van der Waals surface area contributed by atoms with Gasteiger partial charge in [0.05, 0.1) is 17.9 Å². The minimum absolute atomic E-state index is 0.107. The molecule has 7 heteroatoms. The van der Waals surface area contributed by atoms with Gasteiger partial charge in [-0.25, -0.2) is 4.79 Å². The summed E-state index contributed by atoms with van der Waals surface area (Å²) in [6.07, 6.45) is 3.64. The molecule has 1 saturated heterocycles. The highest BCUT2D eigenvalue weighted by Gasteiger charge is 2.30. The Kier molecular flexibility index (Phi) is 10.00. The Balaban J connectivity index is 1.74. The molecule has 1 fully saturated rings. The van der Waals surface area contributed by atoms with E-state index in [1.54, 1.807) is 0 Å². The third-order valence-corrected chi connectivity index (χ3v) is 7.17. The van der Waals surface area contributed by atoms with Crippen LogP contribution < -0.4 is 5.32 Å². The van der Waals surface area contributed by atoms with Gasteiger partial charge in [0.25, 0.3) is 0 Å². The zero-order valence-corrected chi connectivity index (χ0v) is 22.4. The molecule has 3 aromatic rings. The molecule has 204 valence electrons. The van der Waals surface area contributed by atoms with Crippen LogP contribution in [0.2, 0.25) is 0 Å². The van der Waals surface area contributed by atoms with Crippen molar-refractivity contribution >= 4 is 23.3 Å². The van der Waals surface area contributed by atoms with E-state index in [1.165, 1.54) is 6.42 Å². The molecular weight excluding hydrogens is 490 g/mol. The highest BCUT2D eigenvalue weighted by atomic mass is 16.4. The first-order valence-electron chi connectivity index (χ1n) is 13.6. The van der Waals surface area contributed by atoms with Crippen LogP contribution >= 0.6 is 0 Å². The third-order valence-electron chi connectivity index (χ3n) is 7.17. The van der Waals surface area contributed by atoms with Crippen molar-refractivity contribution in [3.8, 4) is 0 Å². The summed E-state index contributed by atoms with van der Waals surface area (Å²) >= 11 is 0. The number of aliphatic hydroxyl groups excluding tert-OH is 1. The Labute approximate surface area is 230 Å². The van der Waals surface area contributed by atoms with Crippen LogP contribution in [0.3, 0.4) is 0 Å². The Bertz CT molecular complexity index is 1270. The average molecular weight is 528 g/mol. The number of hydrogen-bond acceptors (Lipinski definition) is 5. The van der Waals surface area contributed by atoms with E-state index in [0.717, 1.165) is 42.6 Å². The molecule has 1 aliphatic heterocycles. The number of nitrogens with zero attached hydrogens (tertiary/aromatic N) is 2. The molecule has 39 heavy (non-hydrogen) atoms. The van der Waals surface area contributed by atoms with Gasteiger partial charge in [-0.2, -0.15) is 0 Å². The van der Waals surface area contributed by atoms with Crippen molar-refractivity contribution in [2.75, 3.05) is 31.6 Å². The summed E-state index contributed by atoms with van der Waals surface area (Å²) in [5.74, 6) is -1.72. The second kappa shape index (κ2) is 13.8. The summed E-state index contributed by atoms with van der Waals surface area (Å²) < 4.78 is 0. The molecule has 4 rings (SSSR count). The number of anilines is 1. The largest absolute Gasteiger partial charge is 0.480 e. The van der Waals surface area contributed by atoms with Crippen LogP contribution in [0.25, 0.3) is 0 Å². The van der Waals surface area contributed by atoms with Gasteiger partial charge >= 0.3 is 5.97 Å².